The Morgan fingerprint density at radius 1 is 1.21 bits per heavy atom. The van der Waals surface area contributed by atoms with E-state index in [0.717, 1.165) is 25.7 Å². The van der Waals surface area contributed by atoms with Gasteiger partial charge < -0.3 is 5.73 Å². The summed E-state index contributed by atoms with van der Waals surface area (Å²) < 4.78 is 36.2. The molecule has 0 aromatic heterocycles. The molecule has 0 radical (unpaired) electrons. The van der Waals surface area contributed by atoms with Crippen LogP contribution in [0, 0.1) is 11.8 Å². The van der Waals surface area contributed by atoms with Gasteiger partial charge in [0, 0.05) is 6.04 Å². The van der Waals surface area contributed by atoms with Crippen LogP contribution in [0.25, 0.3) is 0 Å². The van der Waals surface area contributed by atoms with Crippen LogP contribution >= 0.6 is 0 Å². The summed E-state index contributed by atoms with van der Waals surface area (Å²) >= 11 is 0. The van der Waals surface area contributed by atoms with Crippen LogP contribution in [0.15, 0.2) is 0 Å². The van der Waals surface area contributed by atoms with Gasteiger partial charge in [-0.2, -0.15) is 13.2 Å². The molecule has 2 N–H and O–H groups in total. The van der Waals surface area contributed by atoms with E-state index in [1.807, 2.05) is 0 Å². The molecule has 1 rings (SSSR count). The maximum Gasteiger partial charge on any atom is 0.390 e. The molecule has 1 aliphatic rings. The van der Waals surface area contributed by atoms with Crippen molar-refractivity contribution >= 4 is 0 Å². The smallest absolute Gasteiger partial charge is 0.327 e. The molecule has 1 nitrogen and oxygen atoms in total. The highest BCUT2D eigenvalue weighted by Crippen LogP contribution is 2.33. The van der Waals surface area contributed by atoms with Crippen LogP contribution in [0.2, 0.25) is 0 Å². The van der Waals surface area contributed by atoms with Gasteiger partial charge in [0.2, 0.25) is 0 Å². The zero-order chi connectivity index (χ0) is 10.8. The first-order valence-electron chi connectivity index (χ1n) is 5.21. The molecular formula is C10H18F3N. The molecule has 0 aromatic carbocycles. The standard InChI is InChI=1S/C10H18F3N/c1-7-2-4-8(5-3-7)9(14)6-10(11,12)13/h7-9H,2-6,14H2,1H3. The van der Waals surface area contributed by atoms with Gasteiger partial charge in [-0.1, -0.05) is 19.8 Å². The van der Waals surface area contributed by atoms with Crippen LogP contribution in [0.4, 0.5) is 13.2 Å². The van der Waals surface area contributed by atoms with Crippen LogP contribution in [0.3, 0.4) is 0 Å². The van der Waals surface area contributed by atoms with Crippen LogP contribution in [0.1, 0.15) is 39.0 Å². The number of alkyl halides is 3. The monoisotopic (exact) mass is 209 g/mol. The molecule has 0 heterocycles. The lowest BCUT2D eigenvalue weighted by molar-refractivity contribution is -0.141. The van der Waals surface area contributed by atoms with Crippen LogP contribution < -0.4 is 5.73 Å². The van der Waals surface area contributed by atoms with E-state index in [0.29, 0.717) is 5.92 Å². The molecule has 0 saturated heterocycles. The quantitative estimate of drug-likeness (QED) is 0.743. The maximum absolute atomic E-state index is 12.1. The van der Waals surface area contributed by atoms with E-state index < -0.39 is 18.6 Å². The fourth-order valence-corrected chi connectivity index (χ4v) is 2.15. The fraction of sp³-hybridized carbons (Fsp3) is 1.00. The SMILES string of the molecule is CC1CCC(C(N)CC(F)(F)F)CC1. The van der Waals surface area contributed by atoms with E-state index in [1.54, 1.807) is 0 Å². The summed E-state index contributed by atoms with van der Waals surface area (Å²) in [6.45, 7) is 2.14. The summed E-state index contributed by atoms with van der Waals surface area (Å²) in [5, 5.41) is 0. The molecule has 0 aliphatic heterocycles. The van der Waals surface area contributed by atoms with Crippen molar-refractivity contribution in [1.29, 1.82) is 0 Å². The van der Waals surface area contributed by atoms with Gasteiger partial charge in [-0.25, -0.2) is 0 Å². The van der Waals surface area contributed by atoms with Crippen LogP contribution in [0.5, 0.6) is 0 Å². The van der Waals surface area contributed by atoms with Crippen molar-refractivity contribution in [3.05, 3.63) is 0 Å². The summed E-state index contributed by atoms with van der Waals surface area (Å²) in [4.78, 5) is 0. The molecule has 0 bridgehead atoms. The third kappa shape index (κ3) is 3.86. The average Bonchev–Trinajstić information content (AvgIpc) is 2.02. The highest BCUT2D eigenvalue weighted by Gasteiger charge is 2.34. The normalized spacial score (nSPS) is 31.5. The van der Waals surface area contributed by atoms with Crippen molar-refractivity contribution in [3.63, 3.8) is 0 Å². The minimum absolute atomic E-state index is 0.0767. The molecule has 14 heavy (non-hydrogen) atoms. The van der Waals surface area contributed by atoms with E-state index in [1.165, 1.54) is 0 Å². The van der Waals surface area contributed by atoms with E-state index in [-0.39, 0.29) is 5.92 Å². The summed E-state index contributed by atoms with van der Waals surface area (Å²) in [6.07, 6.45) is -1.17. The molecular weight excluding hydrogens is 191 g/mol. The summed E-state index contributed by atoms with van der Waals surface area (Å²) in [7, 11) is 0. The Morgan fingerprint density at radius 2 is 1.71 bits per heavy atom. The van der Waals surface area contributed by atoms with Crippen molar-refractivity contribution in [3.8, 4) is 0 Å². The first kappa shape index (κ1) is 11.8. The Hall–Kier alpha value is -0.250. The second-order valence-corrected chi connectivity index (χ2v) is 4.50. The van der Waals surface area contributed by atoms with Gasteiger partial charge >= 0.3 is 6.18 Å². The summed E-state index contributed by atoms with van der Waals surface area (Å²) in [6, 6.07) is -0.692. The predicted molar refractivity (Wildman–Crippen MR) is 49.8 cm³/mol. The molecule has 4 heteroatoms. The molecule has 84 valence electrons. The Kier molecular flexibility index (Phi) is 3.81. The summed E-state index contributed by atoms with van der Waals surface area (Å²) in [5.74, 6) is 0.733. The predicted octanol–water partition coefficient (Wildman–Crippen LogP) is 3.09. The van der Waals surface area contributed by atoms with Crippen molar-refractivity contribution < 1.29 is 13.2 Å². The molecule has 0 aromatic rings. The fourth-order valence-electron chi connectivity index (χ4n) is 2.15. The molecule has 1 saturated carbocycles. The van der Waals surface area contributed by atoms with Crippen molar-refractivity contribution in [1.82, 2.24) is 0 Å². The molecule has 1 fully saturated rings. The Balaban J connectivity index is 2.34. The van der Waals surface area contributed by atoms with Gasteiger partial charge in [-0.3, -0.25) is 0 Å². The first-order valence-corrected chi connectivity index (χ1v) is 5.21. The topological polar surface area (TPSA) is 26.0 Å². The van der Waals surface area contributed by atoms with Gasteiger partial charge in [0.05, 0.1) is 6.42 Å². The lowest BCUT2D eigenvalue weighted by atomic mass is 9.78. The summed E-state index contributed by atoms with van der Waals surface area (Å²) in [5.41, 5.74) is 5.56. The van der Waals surface area contributed by atoms with Crippen LogP contribution in [-0.2, 0) is 0 Å². The number of halogens is 3. The number of nitrogens with two attached hydrogens (primary N) is 1. The average molecular weight is 209 g/mol. The number of rotatable bonds is 2. The van der Waals surface area contributed by atoms with Gasteiger partial charge in [0.25, 0.3) is 0 Å². The zero-order valence-corrected chi connectivity index (χ0v) is 8.48. The third-order valence-electron chi connectivity index (χ3n) is 3.13. The van der Waals surface area contributed by atoms with Crippen molar-refractivity contribution in [2.24, 2.45) is 17.6 Å². The largest absolute Gasteiger partial charge is 0.390 e. The molecule has 0 spiro atoms. The first-order chi connectivity index (χ1) is 6.38. The third-order valence-corrected chi connectivity index (χ3v) is 3.13. The van der Waals surface area contributed by atoms with Crippen LogP contribution in [-0.4, -0.2) is 12.2 Å². The van der Waals surface area contributed by atoms with Gasteiger partial charge in [0.1, 0.15) is 0 Å². The minimum Gasteiger partial charge on any atom is -0.327 e. The number of hydrogen-bond acceptors (Lipinski definition) is 1. The van der Waals surface area contributed by atoms with E-state index in [9.17, 15) is 13.2 Å². The van der Waals surface area contributed by atoms with Crippen molar-refractivity contribution in [2.75, 3.05) is 0 Å². The van der Waals surface area contributed by atoms with Gasteiger partial charge in [-0.15, -0.1) is 0 Å². The van der Waals surface area contributed by atoms with E-state index in [4.69, 9.17) is 5.73 Å². The zero-order valence-electron chi connectivity index (χ0n) is 8.48. The highest BCUT2D eigenvalue weighted by molar-refractivity contribution is 4.80. The lowest BCUT2D eigenvalue weighted by Crippen LogP contribution is -2.36. The highest BCUT2D eigenvalue weighted by atomic mass is 19.4. The maximum atomic E-state index is 12.1. The van der Waals surface area contributed by atoms with Gasteiger partial charge in [0.15, 0.2) is 0 Å². The number of hydrogen-bond donors (Lipinski definition) is 1. The van der Waals surface area contributed by atoms with E-state index in [2.05, 4.69) is 6.92 Å². The lowest BCUT2D eigenvalue weighted by Gasteiger charge is -2.30. The Labute approximate surface area is 82.9 Å². The Bertz CT molecular complexity index is 171. The molecule has 1 aliphatic carbocycles. The van der Waals surface area contributed by atoms with Crippen molar-refractivity contribution in [2.45, 2.75) is 51.2 Å². The molecule has 1 unspecified atom stereocenters. The van der Waals surface area contributed by atoms with Gasteiger partial charge in [-0.05, 0) is 24.7 Å². The second kappa shape index (κ2) is 4.51. The second-order valence-electron chi connectivity index (χ2n) is 4.50. The molecule has 0 amide bonds. The minimum atomic E-state index is -4.11. The molecule has 1 atom stereocenters. The Morgan fingerprint density at radius 3 is 2.14 bits per heavy atom. The van der Waals surface area contributed by atoms with E-state index >= 15 is 0 Å².